The molecule has 0 fully saturated rings. The minimum absolute atomic E-state index is 0. The van der Waals surface area contributed by atoms with Crippen LogP contribution in [0.25, 0.3) is 0 Å². The summed E-state index contributed by atoms with van der Waals surface area (Å²) in [6, 6.07) is 5.68. The lowest BCUT2D eigenvalue weighted by Gasteiger charge is -2.19. The number of rotatable bonds is 6. The molecule has 0 aliphatic heterocycles. The molecule has 0 aliphatic rings. The van der Waals surface area contributed by atoms with Crippen molar-refractivity contribution in [2.75, 3.05) is 19.4 Å². The number of nitrogens with zero attached hydrogens (tertiary/aromatic N) is 1. The highest BCUT2D eigenvalue weighted by molar-refractivity contribution is 5.95. The number of anilines is 1. The van der Waals surface area contributed by atoms with Gasteiger partial charge < -0.3 is 16.0 Å². The lowest BCUT2D eigenvalue weighted by Crippen LogP contribution is -2.40. The molecule has 0 saturated carbocycles. The van der Waals surface area contributed by atoms with E-state index in [9.17, 15) is 4.79 Å². The number of amides is 1. The van der Waals surface area contributed by atoms with Crippen molar-refractivity contribution in [3.8, 4) is 0 Å². The summed E-state index contributed by atoms with van der Waals surface area (Å²) < 4.78 is 0. The third-order valence-electron chi connectivity index (χ3n) is 3.62. The first-order valence-electron chi connectivity index (χ1n) is 7.15. The number of nitrogens with one attached hydrogen (secondary N) is 1. The van der Waals surface area contributed by atoms with Crippen LogP contribution in [0.2, 0.25) is 0 Å². The molecule has 1 rings (SSSR count). The molecule has 128 valence electrons. The van der Waals surface area contributed by atoms with Crippen LogP contribution in [0.3, 0.4) is 0 Å². The van der Waals surface area contributed by atoms with Gasteiger partial charge in [0.15, 0.2) is 0 Å². The van der Waals surface area contributed by atoms with Gasteiger partial charge in [-0.3, -0.25) is 4.79 Å². The van der Waals surface area contributed by atoms with Crippen molar-refractivity contribution < 1.29 is 4.79 Å². The molecule has 22 heavy (non-hydrogen) atoms. The molecule has 1 amide bonds. The van der Waals surface area contributed by atoms with E-state index in [0.29, 0.717) is 0 Å². The third-order valence-corrected chi connectivity index (χ3v) is 3.62. The largest absolute Gasteiger partial charge is 0.324 e. The number of halogens is 2. The molecule has 0 bridgehead atoms. The van der Waals surface area contributed by atoms with Crippen LogP contribution < -0.4 is 11.1 Å². The fourth-order valence-corrected chi connectivity index (χ4v) is 2.00. The van der Waals surface area contributed by atoms with Gasteiger partial charge in [-0.05, 0) is 44.1 Å². The number of benzene rings is 1. The molecule has 0 heterocycles. The van der Waals surface area contributed by atoms with Gasteiger partial charge >= 0.3 is 0 Å². The number of hydrogen-bond acceptors (Lipinski definition) is 3. The first-order valence-corrected chi connectivity index (χ1v) is 7.15. The van der Waals surface area contributed by atoms with E-state index < -0.39 is 6.04 Å². The minimum atomic E-state index is -0.461. The monoisotopic (exact) mass is 349 g/mol. The van der Waals surface area contributed by atoms with Crippen molar-refractivity contribution in [3.05, 3.63) is 29.3 Å². The molecule has 0 aromatic heterocycles. The van der Waals surface area contributed by atoms with Crippen molar-refractivity contribution in [1.82, 2.24) is 4.90 Å². The average molecular weight is 350 g/mol. The highest BCUT2D eigenvalue weighted by Gasteiger charge is 2.19. The quantitative estimate of drug-likeness (QED) is 0.828. The lowest BCUT2D eigenvalue weighted by molar-refractivity contribution is -0.118. The van der Waals surface area contributed by atoms with Crippen molar-refractivity contribution in [3.63, 3.8) is 0 Å². The number of carbonyl (C=O) groups excluding carboxylic acids is 1. The molecule has 0 radical (unpaired) electrons. The molecule has 4 nitrogen and oxygen atoms in total. The zero-order valence-electron chi connectivity index (χ0n) is 14.1. The highest BCUT2D eigenvalue weighted by atomic mass is 35.5. The molecule has 1 aromatic rings. The number of hydrogen-bond donors (Lipinski definition) is 2. The maximum Gasteiger partial charge on any atom is 0.241 e. The van der Waals surface area contributed by atoms with Gasteiger partial charge in [0.1, 0.15) is 0 Å². The summed E-state index contributed by atoms with van der Waals surface area (Å²) in [6.45, 7) is 6.88. The van der Waals surface area contributed by atoms with Crippen LogP contribution in [-0.2, 0) is 11.3 Å². The molecule has 6 heteroatoms. The van der Waals surface area contributed by atoms with Gasteiger partial charge in [-0.1, -0.05) is 32.4 Å². The third kappa shape index (κ3) is 6.97. The van der Waals surface area contributed by atoms with E-state index >= 15 is 0 Å². The Kier molecular flexibility index (Phi) is 11.6. The fraction of sp³-hybridized carbons (Fsp3) is 0.562. The van der Waals surface area contributed by atoms with Crippen molar-refractivity contribution in [2.24, 2.45) is 11.7 Å². The smallest absolute Gasteiger partial charge is 0.241 e. The highest BCUT2D eigenvalue weighted by Crippen LogP contribution is 2.18. The van der Waals surface area contributed by atoms with E-state index in [1.807, 2.05) is 47.0 Å². The number of aryl methyl sites for hydroxylation is 1. The molecule has 2 atom stereocenters. The van der Waals surface area contributed by atoms with Crippen LogP contribution in [0.1, 0.15) is 31.4 Å². The van der Waals surface area contributed by atoms with Crippen LogP contribution in [-0.4, -0.2) is 30.9 Å². The zero-order chi connectivity index (χ0) is 15.3. The summed E-state index contributed by atoms with van der Waals surface area (Å²) in [5.41, 5.74) is 9.05. The van der Waals surface area contributed by atoms with Crippen LogP contribution in [0.4, 0.5) is 5.69 Å². The van der Waals surface area contributed by atoms with E-state index in [1.165, 1.54) is 5.56 Å². The van der Waals surface area contributed by atoms with Crippen LogP contribution in [0.15, 0.2) is 18.2 Å². The Bertz CT molecular complexity index is 467. The van der Waals surface area contributed by atoms with E-state index in [4.69, 9.17) is 5.73 Å². The Labute approximate surface area is 146 Å². The normalized spacial score (nSPS) is 12.9. The summed E-state index contributed by atoms with van der Waals surface area (Å²) in [5.74, 6) is 0.0738. The first kappa shape index (κ1) is 23.5. The van der Waals surface area contributed by atoms with Crippen LogP contribution >= 0.6 is 24.8 Å². The Balaban J connectivity index is 0. The predicted molar refractivity (Wildman–Crippen MR) is 99.1 cm³/mol. The molecule has 2 unspecified atom stereocenters. The molecule has 0 spiro atoms. The van der Waals surface area contributed by atoms with E-state index in [-0.39, 0.29) is 36.6 Å². The van der Waals surface area contributed by atoms with Crippen LogP contribution in [0, 0.1) is 12.8 Å². The van der Waals surface area contributed by atoms with Gasteiger partial charge in [-0.25, -0.2) is 0 Å². The molecule has 3 N–H and O–H groups in total. The van der Waals surface area contributed by atoms with Gasteiger partial charge in [0.2, 0.25) is 5.91 Å². The minimum Gasteiger partial charge on any atom is -0.324 e. The van der Waals surface area contributed by atoms with Crippen molar-refractivity contribution in [1.29, 1.82) is 0 Å². The molecule has 0 saturated heterocycles. The summed E-state index contributed by atoms with van der Waals surface area (Å²) >= 11 is 0. The molecular weight excluding hydrogens is 321 g/mol. The van der Waals surface area contributed by atoms with E-state index in [2.05, 4.69) is 16.3 Å². The Morgan fingerprint density at radius 3 is 2.41 bits per heavy atom. The standard InChI is InChI=1S/C16H27N3O.2ClH/c1-6-11(2)15(17)16(20)18-14-9-13(10-19(4)5)8-7-12(14)3;;/h7-9,11,15H,6,10,17H2,1-5H3,(H,18,20);2*1H. The van der Waals surface area contributed by atoms with Crippen molar-refractivity contribution >= 4 is 36.4 Å². The van der Waals surface area contributed by atoms with Gasteiger partial charge in [0.05, 0.1) is 6.04 Å². The summed E-state index contributed by atoms with van der Waals surface area (Å²) in [7, 11) is 4.05. The van der Waals surface area contributed by atoms with Crippen LogP contribution in [0.5, 0.6) is 0 Å². The van der Waals surface area contributed by atoms with Gasteiger partial charge in [0, 0.05) is 12.2 Å². The number of carbonyl (C=O) groups is 1. The first-order chi connectivity index (χ1) is 9.35. The molecule has 1 aromatic carbocycles. The molecular formula is C16H29Cl2N3O. The Morgan fingerprint density at radius 1 is 1.32 bits per heavy atom. The van der Waals surface area contributed by atoms with Crippen molar-refractivity contribution in [2.45, 2.75) is 39.8 Å². The van der Waals surface area contributed by atoms with E-state index in [0.717, 1.165) is 24.2 Å². The van der Waals surface area contributed by atoms with Gasteiger partial charge in [-0.2, -0.15) is 0 Å². The Hall–Kier alpha value is -0.810. The predicted octanol–water partition coefficient (Wildman–Crippen LogP) is 3.21. The SMILES string of the molecule is CCC(C)C(N)C(=O)Nc1cc(CN(C)C)ccc1C.Cl.Cl. The van der Waals surface area contributed by atoms with Gasteiger partial charge in [-0.15, -0.1) is 24.8 Å². The maximum atomic E-state index is 12.2. The van der Waals surface area contributed by atoms with Gasteiger partial charge in [0.25, 0.3) is 0 Å². The fourth-order valence-electron chi connectivity index (χ4n) is 2.00. The van der Waals surface area contributed by atoms with E-state index in [1.54, 1.807) is 0 Å². The second-order valence-electron chi connectivity index (χ2n) is 5.79. The number of nitrogens with two attached hydrogens (primary N) is 1. The Morgan fingerprint density at radius 2 is 1.91 bits per heavy atom. The molecule has 0 aliphatic carbocycles. The second-order valence-corrected chi connectivity index (χ2v) is 5.79. The summed E-state index contributed by atoms with van der Waals surface area (Å²) in [4.78, 5) is 14.3. The summed E-state index contributed by atoms with van der Waals surface area (Å²) in [5, 5.41) is 2.96. The summed E-state index contributed by atoms with van der Waals surface area (Å²) in [6.07, 6.45) is 0.897. The maximum absolute atomic E-state index is 12.2. The zero-order valence-corrected chi connectivity index (χ0v) is 15.7. The lowest BCUT2D eigenvalue weighted by atomic mass is 9.99. The average Bonchev–Trinajstić information content (AvgIpc) is 2.40. The topological polar surface area (TPSA) is 58.4 Å². The second kappa shape index (κ2) is 10.8.